The molecule has 4 heteroatoms. The lowest BCUT2D eigenvalue weighted by Crippen LogP contribution is -2.16. The van der Waals surface area contributed by atoms with E-state index in [-0.39, 0.29) is 6.54 Å². The van der Waals surface area contributed by atoms with E-state index in [0.717, 1.165) is 35.3 Å². The predicted molar refractivity (Wildman–Crippen MR) is 64.0 cm³/mol. The number of aliphatic hydroxyl groups excluding tert-OH is 1. The first-order valence-electron chi connectivity index (χ1n) is 5.48. The standard InChI is InChI=1S/C12H16ClNO2/c1-7-8-3-2-4-16-12(8)10(13)5-9(7)11(15)6-14/h5,11,15H,2-4,6,14H2,1H3. The minimum absolute atomic E-state index is 0.205. The molecule has 0 bridgehead atoms. The fraction of sp³-hybridized carbons (Fsp3) is 0.500. The highest BCUT2D eigenvalue weighted by atomic mass is 35.5. The lowest BCUT2D eigenvalue weighted by molar-refractivity contribution is 0.185. The Kier molecular flexibility index (Phi) is 3.38. The molecule has 16 heavy (non-hydrogen) atoms. The molecule has 0 amide bonds. The Morgan fingerprint density at radius 2 is 2.38 bits per heavy atom. The molecule has 0 aliphatic carbocycles. The van der Waals surface area contributed by atoms with Crippen LogP contribution in [0.5, 0.6) is 5.75 Å². The van der Waals surface area contributed by atoms with Crippen molar-refractivity contribution in [3.05, 3.63) is 27.8 Å². The third-order valence-electron chi connectivity index (χ3n) is 3.06. The van der Waals surface area contributed by atoms with E-state index in [4.69, 9.17) is 22.1 Å². The van der Waals surface area contributed by atoms with Crippen LogP contribution in [0, 0.1) is 6.92 Å². The Morgan fingerprint density at radius 1 is 1.62 bits per heavy atom. The van der Waals surface area contributed by atoms with Gasteiger partial charge in [-0.15, -0.1) is 0 Å². The summed E-state index contributed by atoms with van der Waals surface area (Å²) in [5.41, 5.74) is 8.46. The minimum Gasteiger partial charge on any atom is -0.492 e. The Labute approximate surface area is 100 Å². The van der Waals surface area contributed by atoms with Crippen LogP contribution in [0.4, 0.5) is 0 Å². The number of nitrogens with two attached hydrogens (primary N) is 1. The SMILES string of the molecule is Cc1c(C(O)CN)cc(Cl)c2c1CCCO2. The predicted octanol–water partition coefficient (Wildman–Crippen LogP) is 1.97. The van der Waals surface area contributed by atoms with E-state index >= 15 is 0 Å². The molecule has 0 saturated heterocycles. The summed E-state index contributed by atoms with van der Waals surface area (Å²) in [6.45, 7) is 2.90. The van der Waals surface area contributed by atoms with Crippen LogP contribution in [-0.4, -0.2) is 18.3 Å². The number of benzene rings is 1. The quantitative estimate of drug-likeness (QED) is 0.832. The maximum Gasteiger partial charge on any atom is 0.141 e. The maximum atomic E-state index is 9.81. The molecular weight excluding hydrogens is 226 g/mol. The van der Waals surface area contributed by atoms with Gasteiger partial charge in [-0.25, -0.2) is 0 Å². The zero-order valence-electron chi connectivity index (χ0n) is 9.29. The first-order valence-corrected chi connectivity index (χ1v) is 5.85. The van der Waals surface area contributed by atoms with Crippen molar-refractivity contribution in [3.8, 4) is 5.75 Å². The van der Waals surface area contributed by atoms with Crippen LogP contribution < -0.4 is 10.5 Å². The molecule has 1 aromatic rings. The van der Waals surface area contributed by atoms with Gasteiger partial charge in [0, 0.05) is 6.54 Å². The topological polar surface area (TPSA) is 55.5 Å². The molecule has 0 saturated carbocycles. The summed E-state index contributed by atoms with van der Waals surface area (Å²) in [5.74, 6) is 0.776. The average Bonchev–Trinajstić information content (AvgIpc) is 2.33. The summed E-state index contributed by atoms with van der Waals surface area (Å²) < 4.78 is 5.56. The van der Waals surface area contributed by atoms with Crippen LogP contribution in [0.15, 0.2) is 6.07 Å². The highest BCUT2D eigenvalue weighted by Gasteiger charge is 2.21. The van der Waals surface area contributed by atoms with Crippen molar-refractivity contribution in [2.75, 3.05) is 13.2 Å². The molecule has 0 radical (unpaired) electrons. The number of halogens is 1. The number of aliphatic hydroxyl groups is 1. The minimum atomic E-state index is -0.648. The van der Waals surface area contributed by atoms with Gasteiger partial charge < -0.3 is 15.6 Å². The third-order valence-corrected chi connectivity index (χ3v) is 3.34. The Morgan fingerprint density at radius 3 is 3.06 bits per heavy atom. The Balaban J connectivity index is 2.53. The lowest BCUT2D eigenvalue weighted by atomic mass is 9.93. The normalized spacial score (nSPS) is 16.5. The molecule has 1 aromatic carbocycles. The van der Waals surface area contributed by atoms with Crippen molar-refractivity contribution < 1.29 is 9.84 Å². The fourth-order valence-electron chi connectivity index (χ4n) is 2.15. The van der Waals surface area contributed by atoms with E-state index in [0.29, 0.717) is 11.6 Å². The molecule has 1 atom stereocenters. The van der Waals surface area contributed by atoms with E-state index in [1.807, 2.05) is 6.92 Å². The highest BCUT2D eigenvalue weighted by Crippen LogP contribution is 2.38. The average molecular weight is 242 g/mol. The number of hydrogen-bond acceptors (Lipinski definition) is 3. The summed E-state index contributed by atoms with van der Waals surface area (Å²) in [6.07, 6.45) is 1.29. The molecule has 0 aromatic heterocycles. The van der Waals surface area contributed by atoms with E-state index in [1.54, 1.807) is 6.07 Å². The van der Waals surface area contributed by atoms with Gasteiger partial charge in [0.2, 0.25) is 0 Å². The second-order valence-electron chi connectivity index (χ2n) is 4.08. The highest BCUT2D eigenvalue weighted by molar-refractivity contribution is 6.32. The van der Waals surface area contributed by atoms with Crippen molar-refractivity contribution in [1.29, 1.82) is 0 Å². The number of rotatable bonds is 2. The van der Waals surface area contributed by atoms with E-state index in [9.17, 15) is 5.11 Å². The summed E-state index contributed by atoms with van der Waals surface area (Å²) >= 11 is 6.14. The van der Waals surface area contributed by atoms with Gasteiger partial charge in [-0.2, -0.15) is 0 Å². The first-order chi connectivity index (χ1) is 7.65. The number of hydrogen-bond donors (Lipinski definition) is 2. The third kappa shape index (κ3) is 1.90. The number of ether oxygens (including phenoxy) is 1. The molecule has 88 valence electrons. The molecule has 1 aliphatic rings. The van der Waals surface area contributed by atoms with Crippen LogP contribution in [-0.2, 0) is 6.42 Å². The zero-order chi connectivity index (χ0) is 11.7. The van der Waals surface area contributed by atoms with Crippen molar-refractivity contribution in [2.24, 2.45) is 5.73 Å². The summed E-state index contributed by atoms with van der Waals surface area (Å²) in [4.78, 5) is 0. The van der Waals surface area contributed by atoms with Crippen molar-refractivity contribution in [2.45, 2.75) is 25.9 Å². The first kappa shape index (κ1) is 11.7. The second-order valence-corrected chi connectivity index (χ2v) is 4.49. The molecule has 1 unspecified atom stereocenters. The van der Waals surface area contributed by atoms with Gasteiger partial charge in [-0.1, -0.05) is 11.6 Å². The van der Waals surface area contributed by atoms with Crippen molar-refractivity contribution >= 4 is 11.6 Å². The van der Waals surface area contributed by atoms with Gasteiger partial charge >= 0.3 is 0 Å². The lowest BCUT2D eigenvalue weighted by Gasteiger charge is -2.23. The Hall–Kier alpha value is -0.770. The summed E-state index contributed by atoms with van der Waals surface area (Å²) in [7, 11) is 0. The van der Waals surface area contributed by atoms with Crippen LogP contribution in [0.25, 0.3) is 0 Å². The maximum absolute atomic E-state index is 9.81. The van der Waals surface area contributed by atoms with Crippen LogP contribution in [0.1, 0.15) is 29.2 Å². The monoisotopic (exact) mass is 241 g/mol. The molecule has 3 nitrogen and oxygen atoms in total. The Bertz CT molecular complexity index is 406. The molecule has 0 spiro atoms. The van der Waals surface area contributed by atoms with Crippen molar-refractivity contribution in [1.82, 2.24) is 0 Å². The van der Waals surface area contributed by atoms with Crippen LogP contribution >= 0.6 is 11.6 Å². The zero-order valence-corrected chi connectivity index (χ0v) is 10.0. The van der Waals surface area contributed by atoms with Crippen LogP contribution in [0.3, 0.4) is 0 Å². The summed E-state index contributed by atoms with van der Waals surface area (Å²) in [6, 6.07) is 1.76. The molecule has 0 fully saturated rings. The van der Waals surface area contributed by atoms with Gasteiger partial charge in [-0.05, 0) is 42.5 Å². The molecule has 3 N–H and O–H groups in total. The number of fused-ring (bicyclic) bond motifs is 1. The fourth-order valence-corrected chi connectivity index (χ4v) is 2.44. The van der Waals surface area contributed by atoms with Gasteiger partial charge in [-0.3, -0.25) is 0 Å². The van der Waals surface area contributed by atoms with Crippen molar-refractivity contribution in [3.63, 3.8) is 0 Å². The van der Waals surface area contributed by atoms with Gasteiger partial charge in [0.05, 0.1) is 17.7 Å². The van der Waals surface area contributed by atoms with Crippen LogP contribution in [0.2, 0.25) is 5.02 Å². The smallest absolute Gasteiger partial charge is 0.141 e. The van der Waals surface area contributed by atoms with Gasteiger partial charge in [0.25, 0.3) is 0 Å². The summed E-state index contributed by atoms with van der Waals surface area (Å²) in [5, 5.41) is 10.4. The molecule has 1 heterocycles. The van der Waals surface area contributed by atoms with E-state index in [1.165, 1.54) is 0 Å². The second kappa shape index (κ2) is 4.62. The molecule has 2 rings (SSSR count). The van der Waals surface area contributed by atoms with Gasteiger partial charge in [0.15, 0.2) is 0 Å². The largest absolute Gasteiger partial charge is 0.492 e. The van der Waals surface area contributed by atoms with E-state index < -0.39 is 6.10 Å². The van der Waals surface area contributed by atoms with Gasteiger partial charge in [0.1, 0.15) is 5.75 Å². The molecule has 1 aliphatic heterocycles. The molecular formula is C12H16ClNO2. The van der Waals surface area contributed by atoms with E-state index in [2.05, 4.69) is 0 Å².